The Labute approximate surface area is 116 Å². The smallest absolute Gasteiger partial charge is 0.0641 e. The van der Waals surface area contributed by atoms with Crippen LogP contribution in [0.2, 0.25) is 0 Å². The second-order valence-electron chi connectivity index (χ2n) is 5.60. The maximum absolute atomic E-state index is 8.99. The van der Waals surface area contributed by atoms with Crippen molar-refractivity contribution in [3.8, 4) is 0 Å². The van der Waals surface area contributed by atoms with Crippen LogP contribution >= 0.6 is 0 Å². The maximum Gasteiger partial charge on any atom is 0.0641 e. The summed E-state index contributed by atoms with van der Waals surface area (Å²) in [6.45, 7) is 9.91. The summed E-state index contributed by atoms with van der Waals surface area (Å²) in [5, 5.41) is 13.6. The molecular weight excluding hydrogens is 238 g/mol. The van der Waals surface area contributed by atoms with Gasteiger partial charge in [-0.15, -0.1) is 0 Å². The monoisotopic (exact) mass is 265 g/mol. The molecular formula is C15H27N3O. The van der Waals surface area contributed by atoms with Crippen LogP contribution in [0, 0.1) is 13.8 Å². The molecule has 2 rings (SSSR count). The van der Waals surface area contributed by atoms with Gasteiger partial charge >= 0.3 is 0 Å². The zero-order valence-corrected chi connectivity index (χ0v) is 12.5. The van der Waals surface area contributed by atoms with E-state index in [0.717, 1.165) is 25.9 Å². The van der Waals surface area contributed by atoms with Crippen LogP contribution in [0.3, 0.4) is 0 Å². The summed E-state index contributed by atoms with van der Waals surface area (Å²) in [7, 11) is 0. The second-order valence-corrected chi connectivity index (χ2v) is 5.60. The van der Waals surface area contributed by atoms with E-state index in [9.17, 15) is 0 Å². The van der Waals surface area contributed by atoms with Gasteiger partial charge in [-0.3, -0.25) is 9.58 Å². The van der Waals surface area contributed by atoms with Gasteiger partial charge in [0.1, 0.15) is 0 Å². The fraction of sp³-hybridized carbons (Fsp3) is 0.800. The number of aryl methyl sites for hydroxylation is 2. The molecule has 19 heavy (non-hydrogen) atoms. The van der Waals surface area contributed by atoms with Crippen LogP contribution in [0.1, 0.15) is 49.6 Å². The minimum absolute atomic E-state index is 0.316. The molecule has 1 aromatic heterocycles. The van der Waals surface area contributed by atoms with Crippen LogP contribution in [0.4, 0.5) is 0 Å². The quantitative estimate of drug-likeness (QED) is 0.858. The Balaban J connectivity index is 2.05. The van der Waals surface area contributed by atoms with Crippen molar-refractivity contribution in [2.24, 2.45) is 0 Å². The lowest BCUT2D eigenvalue weighted by Gasteiger charge is -2.24. The molecule has 0 spiro atoms. The number of hydrogen-bond acceptors (Lipinski definition) is 3. The van der Waals surface area contributed by atoms with Gasteiger partial charge in [0.05, 0.1) is 5.69 Å². The van der Waals surface area contributed by atoms with Gasteiger partial charge in [0, 0.05) is 37.0 Å². The number of hydrogen-bond donors (Lipinski definition) is 1. The highest BCUT2D eigenvalue weighted by molar-refractivity contribution is 5.24. The lowest BCUT2D eigenvalue weighted by atomic mass is 10.1. The van der Waals surface area contributed by atoms with Crippen LogP contribution < -0.4 is 0 Å². The molecule has 4 nitrogen and oxygen atoms in total. The molecule has 0 saturated carbocycles. The molecule has 1 N–H and O–H groups in total. The topological polar surface area (TPSA) is 41.3 Å². The SMILES string of the molecule is CCn1nc(C)c(CN2CCCC2CCCO)c1C. The van der Waals surface area contributed by atoms with Gasteiger partial charge in [-0.05, 0) is 53.0 Å². The van der Waals surface area contributed by atoms with Crippen LogP contribution in [0.5, 0.6) is 0 Å². The highest BCUT2D eigenvalue weighted by Crippen LogP contribution is 2.25. The minimum atomic E-state index is 0.316. The van der Waals surface area contributed by atoms with E-state index < -0.39 is 0 Å². The van der Waals surface area contributed by atoms with Gasteiger partial charge in [0.15, 0.2) is 0 Å². The molecule has 1 fully saturated rings. The minimum Gasteiger partial charge on any atom is -0.396 e. The third kappa shape index (κ3) is 3.18. The van der Waals surface area contributed by atoms with E-state index in [0.29, 0.717) is 12.6 Å². The summed E-state index contributed by atoms with van der Waals surface area (Å²) in [5.74, 6) is 0. The lowest BCUT2D eigenvalue weighted by Crippen LogP contribution is -2.29. The summed E-state index contributed by atoms with van der Waals surface area (Å²) in [4.78, 5) is 2.58. The maximum atomic E-state index is 8.99. The molecule has 1 aliphatic rings. The molecule has 2 heterocycles. The molecule has 1 unspecified atom stereocenters. The van der Waals surface area contributed by atoms with E-state index in [1.807, 2.05) is 0 Å². The van der Waals surface area contributed by atoms with Crippen molar-refractivity contribution in [2.75, 3.05) is 13.2 Å². The van der Waals surface area contributed by atoms with Crippen LogP contribution in [0.15, 0.2) is 0 Å². The summed E-state index contributed by atoms with van der Waals surface area (Å²) >= 11 is 0. The first-order chi connectivity index (χ1) is 9.17. The normalized spacial score (nSPS) is 20.3. The van der Waals surface area contributed by atoms with E-state index in [-0.39, 0.29) is 0 Å². The Morgan fingerprint density at radius 3 is 2.79 bits per heavy atom. The Hall–Kier alpha value is -0.870. The summed E-state index contributed by atoms with van der Waals surface area (Å²) in [6.07, 6.45) is 4.61. The standard InChI is InChI=1S/C15H27N3O/c1-4-18-13(3)15(12(2)16-18)11-17-9-5-7-14(17)8-6-10-19/h14,19H,4-11H2,1-3H3. The first kappa shape index (κ1) is 14.5. The van der Waals surface area contributed by atoms with Gasteiger partial charge in [-0.25, -0.2) is 0 Å². The van der Waals surface area contributed by atoms with Gasteiger partial charge in [-0.1, -0.05) is 0 Å². The van der Waals surface area contributed by atoms with Gasteiger partial charge in [0.2, 0.25) is 0 Å². The van der Waals surface area contributed by atoms with Crippen molar-refractivity contribution in [3.63, 3.8) is 0 Å². The Morgan fingerprint density at radius 2 is 2.16 bits per heavy atom. The molecule has 108 valence electrons. The van der Waals surface area contributed by atoms with Crippen LogP contribution in [-0.2, 0) is 13.1 Å². The lowest BCUT2D eigenvalue weighted by molar-refractivity contribution is 0.209. The van der Waals surface area contributed by atoms with Gasteiger partial charge < -0.3 is 5.11 Å². The Kier molecular flexibility index (Phi) is 4.99. The number of aliphatic hydroxyl groups is 1. The van der Waals surface area contributed by atoms with Crippen molar-refractivity contribution >= 4 is 0 Å². The highest BCUT2D eigenvalue weighted by atomic mass is 16.2. The van der Waals surface area contributed by atoms with Crippen molar-refractivity contribution < 1.29 is 5.11 Å². The van der Waals surface area contributed by atoms with Crippen molar-refractivity contribution in [2.45, 2.75) is 65.6 Å². The number of nitrogens with zero attached hydrogens (tertiary/aromatic N) is 3. The first-order valence-corrected chi connectivity index (χ1v) is 7.55. The van der Waals surface area contributed by atoms with Crippen molar-refractivity contribution in [3.05, 3.63) is 17.0 Å². The number of likely N-dealkylation sites (tertiary alicyclic amines) is 1. The van der Waals surface area contributed by atoms with Crippen molar-refractivity contribution in [1.82, 2.24) is 14.7 Å². The third-order valence-electron chi connectivity index (χ3n) is 4.39. The van der Waals surface area contributed by atoms with Crippen molar-refractivity contribution in [1.29, 1.82) is 0 Å². The molecule has 0 aliphatic carbocycles. The highest BCUT2D eigenvalue weighted by Gasteiger charge is 2.25. The molecule has 0 aromatic carbocycles. The van der Waals surface area contributed by atoms with E-state index in [4.69, 9.17) is 5.11 Å². The Bertz CT molecular complexity index is 414. The fourth-order valence-electron chi connectivity index (χ4n) is 3.23. The zero-order chi connectivity index (χ0) is 13.8. The van der Waals surface area contributed by atoms with Gasteiger partial charge in [-0.2, -0.15) is 5.10 Å². The summed E-state index contributed by atoms with van der Waals surface area (Å²) < 4.78 is 2.10. The third-order valence-corrected chi connectivity index (χ3v) is 4.39. The average Bonchev–Trinajstić information content (AvgIpc) is 2.95. The van der Waals surface area contributed by atoms with Crippen LogP contribution in [0.25, 0.3) is 0 Å². The first-order valence-electron chi connectivity index (χ1n) is 7.55. The number of rotatable bonds is 6. The summed E-state index contributed by atoms with van der Waals surface area (Å²) in [6, 6.07) is 0.649. The van der Waals surface area contributed by atoms with Crippen LogP contribution in [-0.4, -0.2) is 39.0 Å². The second kappa shape index (κ2) is 6.53. The predicted octanol–water partition coefficient (Wildman–Crippen LogP) is 2.26. The van der Waals surface area contributed by atoms with E-state index in [2.05, 4.69) is 35.5 Å². The summed E-state index contributed by atoms with van der Waals surface area (Å²) in [5.41, 5.74) is 3.89. The molecule has 1 atom stereocenters. The number of aliphatic hydroxyl groups excluding tert-OH is 1. The molecule has 0 bridgehead atoms. The fourth-order valence-corrected chi connectivity index (χ4v) is 3.23. The molecule has 0 amide bonds. The largest absolute Gasteiger partial charge is 0.396 e. The molecule has 1 saturated heterocycles. The van der Waals surface area contributed by atoms with Gasteiger partial charge in [0.25, 0.3) is 0 Å². The zero-order valence-electron chi connectivity index (χ0n) is 12.5. The van der Waals surface area contributed by atoms with E-state index >= 15 is 0 Å². The Morgan fingerprint density at radius 1 is 1.37 bits per heavy atom. The number of aromatic nitrogens is 2. The average molecular weight is 265 g/mol. The molecule has 1 aliphatic heterocycles. The van der Waals surface area contributed by atoms with E-state index in [1.54, 1.807) is 0 Å². The molecule has 0 radical (unpaired) electrons. The predicted molar refractivity (Wildman–Crippen MR) is 77.1 cm³/mol. The molecule has 4 heteroatoms. The van der Waals surface area contributed by atoms with E-state index in [1.165, 1.54) is 36.3 Å². The molecule has 1 aromatic rings.